The van der Waals surface area contributed by atoms with E-state index in [2.05, 4.69) is 15.3 Å². The lowest BCUT2D eigenvalue weighted by atomic mass is 10.1. The second-order valence-electron chi connectivity index (χ2n) is 4.59. The molecular weight excluding hydrogens is 301 g/mol. The molecule has 0 aliphatic heterocycles. The molecule has 1 N–H and O–H groups in total. The Hall–Kier alpha value is -2.60. The molecular formula is C16H12FN3OS. The Bertz CT molecular complexity index is 817. The molecule has 1 aromatic carbocycles. The summed E-state index contributed by atoms with van der Waals surface area (Å²) in [4.78, 5) is 21.4. The van der Waals surface area contributed by atoms with Crippen LogP contribution in [0.3, 0.4) is 0 Å². The molecule has 6 heteroatoms. The number of pyridine rings is 1. The van der Waals surface area contributed by atoms with Crippen molar-refractivity contribution in [3.63, 3.8) is 0 Å². The van der Waals surface area contributed by atoms with Gasteiger partial charge in [0.25, 0.3) is 5.91 Å². The molecule has 0 aliphatic carbocycles. The minimum Gasteiger partial charge on any atom is -0.305 e. The van der Waals surface area contributed by atoms with Gasteiger partial charge in [0, 0.05) is 6.20 Å². The quantitative estimate of drug-likeness (QED) is 0.797. The number of hydrogen-bond donors (Lipinski definition) is 1. The molecule has 22 heavy (non-hydrogen) atoms. The zero-order valence-corrected chi connectivity index (χ0v) is 12.5. The highest BCUT2D eigenvalue weighted by molar-refractivity contribution is 7.15. The molecule has 0 radical (unpaired) electrons. The first kappa shape index (κ1) is 14.3. The zero-order valence-electron chi connectivity index (χ0n) is 11.7. The SMILES string of the molecule is Cc1nc(C(=O)Nc2ccccn2)c(-c2cccc(F)c2)s1. The first-order chi connectivity index (χ1) is 10.6. The maximum absolute atomic E-state index is 13.4. The number of carbonyl (C=O) groups is 1. The number of aryl methyl sites for hydroxylation is 1. The van der Waals surface area contributed by atoms with E-state index < -0.39 is 0 Å². The molecule has 0 atom stereocenters. The Labute approximate surface area is 130 Å². The van der Waals surface area contributed by atoms with Crippen molar-refractivity contribution in [1.29, 1.82) is 0 Å². The van der Waals surface area contributed by atoms with Crippen molar-refractivity contribution in [2.24, 2.45) is 0 Å². The number of thiazole rings is 1. The molecule has 4 nitrogen and oxygen atoms in total. The van der Waals surface area contributed by atoms with E-state index in [1.54, 1.807) is 36.5 Å². The fourth-order valence-electron chi connectivity index (χ4n) is 2.02. The van der Waals surface area contributed by atoms with E-state index in [1.807, 2.05) is 6.92 Å². The molecule has 3 rings (SSSR count). The van der Waals surface area contributed by atoms with Crippen molar-refractivity contribution < 1.29 is 9.18 Å². The van der Waals surface area contributed by atoms with Gasteiger partial charge in [0.15, 0.2) is 0 Å². The van der Waals surface area contributed by atoms with Gasteiger partial charge >= 0.3 is 0 Å². The molecule has 0 fully saturated rings. The van der Waals surface area contributed by atoms with E-state index in [1.165, 1.54) is 23.5 Å². The molecule has 110 valence electrons. The molecule has 1 amide bonds. The Balaban J connectivity index is 1.96. The van der Waals surface area contributed by atoms with Crippen molar-refractivity contribution in [2.75, 3.05) is 5.32 Å². The highest BCUT2D eigenvalue weighted by Crippen LogP contribution is 2.31. The Morgan fingerprint density at radius 3 is 2.82 bits per heavy atom. The average Bonchev–Trinajstić information content (AvgIpc) is 2.90. The third-order valence-corrected chi connectivity index (χ3v) is 3.96. The van der Waals surface area contributed by atoms with Crippen LogP contribution < -0.4 is 5.32 Å². The maximum atomic E-state index is 13.4. The molecule has 0 saturated carbocycles. The van der Waals surface area contributed by atoms with E-state index in [0.29, 0.717) is 16.3 Å². The van der Waals surface area contributed by atoms with Crippen molar-refractivity contribution in [2.45, 2.75) is 6.92 Å². The van der Waals surface area contributed by atoms with E-state index in [-0.39, 0.29) is 17.4 Å². The normalized spacial score (nSPS) is 10.5. The number of hydrogen-bond acceptors (Lipinski definition) is 4. The third kappa shape index (κ3) is 3.01. The van der Waals surface area contributed by atoms with Crippen LogP contribution in [0.15, 0.2) is 48.7 Å². The van der Waals surface area contributed by atoms with Gasteiger partial charge in [-0.25, -0.2) is 14.4 Å². The summed E-state index contributed by atoms with van der Waals surface area (Å²) in [5.41, 5.74) is 0.913. The van der Waals surface area contributed by atoms with Gasteiger partial charge in [-0.05, 0) is 36.8 Å². The fourth-order valence-corrected chi connectivity index (χ4v) is 2.93. The second-order valence-corrected chi connectivity index (χ2v) is 5.79. The smallest absolute Gasteiger partial charge is 0.276 e. The first-order valence-electron chi connectivity index (χ1n) is 6.59. The number of amides is 1. The predicted octanol–water partition coefficient (Wildman–Crippen LogP) is 3.90. The number of carbonyl (C=O) groups excluding carboxylic acids is 1. The highest BCUT2D eigenvalue weighted by atomic mass is 32.1. The molecule has 2 heterocycles. The standard InChI is InChI=1S/C16H12FN3OS/c1-10-19-14(16(21)20-13-7-2-3-8-18-13)15(22-10)11-5-4-6-12(17)9-11/h2-9H,1H3,(H,18,20,21). The van der Waals surface area contributed by atoms with Crippen LogP contribution in [-0.2, 0) is 0 Å². The van der Waals surface area contributed by atoms with Crippen LogP contribution in [-0.4, -0.2) is 15.9 Å². The predicted molar refractivity (Wildman–Crippen MR) is 84.4 cm³/mol. The molecule has 0 aliphatic rings. The van der Waals surface area contributed by atoms with Gasteiger partial charge in [-0.15, -0.1) is 11.3 Å². The van der Waals surface area contributed by atoms with Gasteiger partial charge in [0.05, 0.1) is 9.88 Å². The summed E-state index contributed by atoms with van der Waals surface area (Å²) in [6.07, 6.45) is 1.59. The summed E-state index contributed by atoms with van der Waals surface area (Å²) in [6.45, 7) is 1.81. The van der Waals surface area contributed by atoms with Crippen LogP contribution in [0.4, 0.5) is 10.2 Å². The number of nitrogens with zero attached hydrogens (tertiary/aromatic N) is 2. The van der Waals surface area contributed by atoms with E-state index >= 15 is 0 Å². The van der Waals surface area contributed by atoms with Crippen molar-refractivity contribution >= 4 is 23.1 Å². The number of rotatable bonds is 3. The number of nitrogens with one attached hydrogen (secondary N) is 1. The van der Waals surface area contributed by atoms with Crippen LogP contribution >= 0.6 is 11.3 Å². The fraction of sp³-hybridized carbons (Fsp3) is 0.0625. The third-order valence-electron chi connectivity index (χ3n) is 2.94. The summed E-state index contributed by atoms with van der Waals surface area (Å²) in [5, 5.41) is 3.44. The van der Waals surface area contributed by atoms with Gasteiger partial charge in [-0.1, -0.05) is 18.2 Å². The van der Waals surface area contributed by atoms with Crippen molar-refractivity contribution in [3.8, 4) is 10.4 Å². The lowest BCUT2D eigenvalue weighted by molar-refractivity contribution is 0.102. The van der Waals surface area contributed by atoms with Crippen LogP contribution in [0.25, 0.3) is 10.4 Å². The van der Waals surface area contributed by atoms with Crippen LogP contribution in [0.2, 0.25) is 0 Å². The summed E-state index contributed by atoms with van der Waals surface area (Å²) < 4.78 is 13.4. The monoisotopic (exact) mass is 313 g/mol. The van der Waals surface area contributed by atoms with Gasteiger partial charge in [0.1, 0.15) is 17.3 Å². The van der Waals surface area contributed by atoms with Crippen LogP contribution in [0.5, 0.6) is 0 Å². The Kier molecular flexibility index (Phi) is 3.93. The lowest BCUT2D eigenvalue weighted by Gasteiger charge is -2.04. The van der Waals surface area contributed by atoms with Gasteiger partial charge in [-0.3, -0.25) is 4.79 Å². The topological polar surface area (TPSA) is 54.9 Å². The minimum atomic E-state index is -0.359. The second kappa shape index (κ2) is 6.03. The van der Waals surface area contributed by atoms with Crippen molar-refractivity contribution in [3.05, 3.63) is 65.2 Å². The summed E-state index contributed by atoms with van der Waals surface area (Å²) in [7, 11) is 0. The van der Waals surface area contributed by atoms with Gasteiger partial charge in [-0.2, -0.15) is 0 Å². The Morgan fingerprint density at radius 1 is 1.23 bits per heavy atom. The molecule has 0 saturated heterocycles. The van der Waals surface area contributed by atoms with Crippen LogP contribution in [0.1, 0.15) is 15.5 Å². The van der Waals surface area contributed by atoms with Gasteiger partial charge < -0.3 is 5.32 Å². The van der Waals surface area contributed by atoms with E-state index in [9.17, 15) is 9.18 Å². The lowest BCUT2D eigenvalue weighted by Crippen LogP contribution is -2.14. The van der Waals surface area contributed by atoms with E-state index in [0.717, 1.165) is 5.01 Å². The molecule has 0 unspecified atom stereocenters. The number of benzene rings is 1. The summed E-state index contributed by atoms with van der Waals surface area (Å²) in [6, 6.07) is 11.4. The number of anilines is 1. The largest absolute Gasteiger partial charge is 0.305 e. The molecule has 0 spiro atoms. The zero-order chi connectivity index (χ0) is 15.5. The molecule has 0 bridgehead atoms. The summed E-state index contributed by atoms with van der Waals surface area (Å²) >= 11 is 1.36. The maximum Gasteiger partial charge on any atom is 0.276 e. The van der Waals surface area contributed by atoms with Gasteiger partial charge in [0.2, 0.25) is 0 Å². The highest BCUT2D eigenvalue weighted by Gasteiger charge is 2.19. The molecule has 2 aromatic heterocycles. The number of aromatic nitrogens is 2. The molecule has 3 aromatic rings. The van der Waals surface area contributed by atoms with Crippen molar-refractivity contribution in [1.82, 2.24) is 9.97 Å². The first-order valence-corrected chi connectivity index (χ1v) is 7.41. The van der Waals surface area contributed by atoms with Crippen LogP contribution in [0, 0.1) is 12.7 Å². The van der Waals surface area contributed by atoms with E-state index in [4.69, 9.17) is 0 Å². The summed E-state index contributed by atoms with van der Waals surface area (Å²) in [5.74, 6) is -0.259. The Morgan fingerprint density at radius 2 is 2.09 bits per heavy atom. The number of halogens is 1. The average molecular weight is 313 g/mol. The minimum absolute atomic E-state index is 0.277.